The van der Waals surface area contributed by atoms with Crippen molar-refractivity contribution < 1.29 is 9.53 Å². The van der Waals surface area contributed by atoms with Gasteiger partial charge in [-0.3, -0.25) is 0 Å². The molecule has 0 spiro atoms. The van der Waals surface area contributed by atoms with Crippen molar-refractivity contribution in [3.63, 3.8) is 0 Å². The fourth-order valence-corrected chi connectivity index (χ4v) is 3.68. The summed E-state index contributed by atoms with van der Waals surface area (Å²) in [5.74, 6) is 1.25. The van der Waals surface area contributed by atoms with E-state index in [9.17, 15) is 4.79 Å². The molecule has 0 aromatic carbocycles. The molecule has 1 aromatic heterocycles. The Balaban J connectivity index is 1.94. The second-order valence-electron chi connectivity index (χ2n) is 6.47. The highest BCUT2D eigenvalue weighted by molar-refractivity contribution is 8.00. The molecule has 0 radical (unpaired) electrons. The molecular formula is C15H25N3O2S. The predicted octanol–water partition coefficient (Wildman–Crippen LogP) is 3.36. The average Bonchev–Trinajstić information content (AvgIpc) is 2.97. The predicted molar refractivity (Wildman–Crippen MR) is 85.5 cm³/mol. The molecule has 1 aliphatic rings. The molecule has 0 saturated carbocycles. The minimum absolute atomic E-state index is 0.117. The largest absolute Gasteiger partial charge is 0.444 e. The van der Waals surface area contributed by atoms with Crippen LogP contribution in [0.25, 0.3) is 0 Å². The molecule has 0 bridgehead atoms. The van der Waals surface area contributed by atoms with Crippen molar-refractivity contribution in [2.75, 3.05) is 5.75 Å². The van der Waals surface area contributed by atoms with Crippen molar-refractivity contribution in [1.29, 1.82) is 0 Å². The molecule has 0 aliphatic carbocycles. The molecule has 1 amide bonds. The minimum Gasteiger partial charge on any atom is -0.444 e. The van der Waals surface area contributed by atoms with Crippen LogP contribution in [0.2, 0.25) is 0 Å². The fourth-order valence-electron chi connectivity index (χ4n) is 2.41. The second-order valence-corrected chi connectivity index (χ2v) is 7.88. The molecule has 2 heterocycles. The smallest absolute Gasteiger partial charge is 0.408 e. The van der Waals surface area contributed by atoms with Crippen LogP contribution in [0.15, 0.2) is 12.5 Å². The quantitative estimate of drug-likeness (QED) is 0.926. The highest BCUT2D eigenvalue weighted by atomic mass is 32.2. The van der Waals surface area contributed by atoms with Crippen molar-refractivity contribution in [2.24, 2.45) is 0 Å². The molecule has 1 aliphatic heterocycles. The normalized spacial score (nSPS) is 20.3. The molecule has 2 atom stereocenters. The zero-order valence-electron chi connectivity index (χ0n) is 13.3. The van der Waals surface area contributed by atoms with Gasteiger partial charge in [0.15, 0.2) is 0 Å². The topological polar surface area (TPSA) is 56.1 Å². The number of carbonyl (C=O) groups is 1. The zero-order valence-corrected chi connectivity index (χ0v) is 14.1. The van der Waals surface area contributed by atoms with Crippen LogP contribution in [0.1, 0.15) is 52.3 Å². The van der Waals surface area contributed by atoms with E-state index in [1.165, 1.54) is 18.6 Å². The van der Waals surface area contributed by atoms with Gasteiger partial charge in [-0.2, -0.15) is 11.8 Å². The van der Waals surface area contributed by atoms with E-state index in [2.05, 4.69) is 14.9 Å². The number of nitrogens with one attached hydrogen (secondary N) is 1. The van der Waals surface area contributed by atoms with E-state index in [1.54, 1.807) is 0 Å². The van der Waals surface area contributed by atoms with Crippen molar-refractivity contribution in [3.05, 3.63) is 18.2 Å². The van der Waals surface area contributed by atoms with Crippen molar-refractivity contribution >= 4 is 17.9 Å². The average molecular weight is 311 g/mol. The molecule has 2 rings (SSSR count). The standard InChI is InChI=1S/C15H25N3O2S/c1-11(17-14(19)20-15(2,3)4)13-8-16-10-18(13)9-12-6-5-7-21-12/h8,10-12H,5-7,9H2,1-4H3,(H,17,19)/t11-,12?/m1/s1. The van der Waals surface area contributed by atoms with E-state index >= 15 is 0 Å². The lowest BCUT2D eigenvalue weighted by Crippen LogP contribution is -2.34. The number of aromatic nitrogens is 2. The summed E-state index contributed by atoms with van der Waals surface area (Å²) in [6.45, 7) is 8.50. The van der Waals surface area contributed by atoms with Crippen LogP contribution in [0.3, 0.4) is 0 Å². The van der Waals surface area contributed by atoms with Gasteiger partial charge in [0.25, 0.3) is 0 Å². The van der Waals surface area contributed by atoms with Crippen LogP contribution < -0.4 is 5.32 Å². The van der Waals surface area contributed by atoms with Gasteiger partial charge in [-0.1, -0.05) is 0 Å². The Bertz CT molecular complexity index is 476. The molecule has 1 N–H and O–H groups in total. The van der Waals surface area contributed by atoms with Crippen LogP contribution in [-0.2, 0) is 11.3 Å². The summed E-state index contributed by atoms with van der Waals surface area (Å²) in [4.78, 5) is 16.1. The number of ether oxygens (including phenoxy) is 1. The number of thioether (sulfide) groups is 1. The lowest BCUT2D eigenvalue weighted by Gasteiger charge is -2.23. The van der Waals surface area contributed by atoms with Gasteiger partial charge in [0.05, 0.1) is 24.3 Å². The molecule has 5 nitrogen and oxygen atoms in total. The SMILES string of the molecule is C[C@@H](NC(=O)OC(C)(C)C)c1cncn1CC1CCCS1. The van der Waals surface area contributed by atoms with Crippen LogP contribution in [0, 0.1) is 0 Å². The van der Waals surface area contributed by atoms with Gasteiger partial charge in [-0.15, -0.1) is 0 Å². The van der Waals surface area contributed by atoms with Gasteiger partial charge in [0, 0.05) is 11.8 Å². The third-order valence-electron chi connectivity index (χ3n) is 3.35. The summed E-state index contributed by atoms with van der Waals surface area (Å²) >= 11 is 2.02. The maximum atomic E-state index is 11.9. The van der Waals surface area contributed by atoms with E-state index in [4.69, 9.17) is 4.74 Å². The van der Waals surface area contributed by atoms with E-state index in [0.29, 0.717) is 5.25 Å². The molecule has 1 fully saturated rings. The van der Waals surface area contributed by atoms with E-state index < -0.39 is 11.7 Å². The number of hydrogen-bond acceptors (Lipinski definition) is 4. The first-order valence-electron chi connectivity index (χ1n) is 7.46. The zero-order chi connectivity index (χ0) is 15.5. The molecular weight excluding hydrogens is 286 g/mol. The maximum Gasteiger partial charge on any atom is 0.408 e. The van der Waals surface area contributed by atoms with Crippen LogP contribution in [0.5, 0.6) is 0 Å². The summed E-state index contributed by atoms with van der Waals surface area (Å²) in [7, 11) is 0. The van der Waals surface area contributed by atoms with E-state index in [0.717, 1.165) is 12.2 Å². The van der Waals surface area contributed by atoms with Crippen molar-refractivity contribution in [2.45, 2.75) is 64.0 Å². The lowest BCUT2D eigenvalue weighted by atomic mass is 10.2. The van der Waals surface area contributed by atoms with Crippen LogP contribution >= 0.6 is 11.8 Å². The minimum atomic E-state index is -0.482. The van der Waals surface area contributed by atoms with Crippen molar-refractivity contribution in [3.8, 4) is 0 Å². The highest BCUT2D eigenvalue weighted by Crippen LogP contribution is 2.28. The molecule has 1 saturated heterocycles. The molecule has 6 heteroatoms. The summed E-state index contributed by atoms with van der Waals surface area (Å²) in [5.41, 5.74) is 0.540. The molecule has 1 aromatic rings. The van der Waals surface area contributed by atoms with Crippen molar-refractivity contribution in [1.82, 2.24) is 14.9 Å². The van der Waals surface area contributed by atoms with Crippen LogP contribution in [0.4, 0.5) is 4.79 Å². The molecule has 118 valence electrons. The number of carbonyl (C=O) groups excluding carboxylic acids is 1. The van der Waals surface area contributed by atoms with Gasteiger partial charge in [0.1, 0.15) is 5.60 Å². The van der Waals surface area contributed by atoms with E-state index in [-0.39, 0.29) is 6.04 Å². The Labute approximate surface area is 130 Å². The Morgan fingerprint density at radius 2 is 2.38 bits per heavy atom. The first-order valence-corrected chi connectivity index (χ1v) is 8.51. The maximum absolute atomic E-state index is 11.9. The van der Waals surface area contributed by atoms with Gasteiger partial charge in [0.2, 0.25) is 0 Å². The third kappa shape index (κ3) is 4.95. The number of rotatable bonds is 4. The Hall–Kier alpha value is -1.17. The molecule has 1 unspecified atom stereocenters. The molecule has 21 heavy (non-hydrogen) atoms. The summed E-state index contributed by atoms with van der Waals surface area (Å²) in [6, 6.07) is -0.117. The van der Waals surface area contributed by atoms with Crippen LogP contribution in [-0.4, -0.2) is 32.2 Å². The fraction of sp³-hybridized carbons (Fsp3) is 0.733. The summed E-state index contributed by atoms with van der Waals surface area (Å²) in [5, 5.41) is 3.53. The number of nitrogens with zero attached hydrogens (tertiary/aromatic N) is 2. The Morgan fingerprint density at radius 3 is 3.00 bits per heavy atom. The number of hydrogen-bond donors (Lipinski definition) is 1. The second kappa shape index (κ2) is 6.73. The summed E-state index contributed by atoms with van der Waals surface area (Å²) < 4.78 is 7.44. The van der Waals surface area contributed by atoms with Gasteiger partial charge >= 0.3 is 6.09 Å². The monoisotopic (exact) mass is 311 g/mol. The Morgan fingerprint density at radius 1 is 1.62 bits per heavy atom. The first-order chi connectivity index (χ1) is 9.85. The Kier molecular flexibility index (Phi) is 5.19. The first kappa shape index (κ1) is 16.2. The summed E-state index contributed by atoms with van der Waals surface area (Å²) in [6.07, 6.45) is 5.84. The third-order valence-corrected chi connectivity index (χ3v) is 4.73. The van der Waals surface area contributed by atoms with Gasteiger partial charge in [-0.05, 0) is 46.3 Å². The number of amides is 1. The van der Waals surface area contributed by atoms with Gasteiger partial charge < -0.3 is 14.6 Å². The number of alkyl carbamates (subject to hydrolysis) is 1. The number of imidazole rings is 1. The lowest BCUT2D eigenvalue weighted by molar-refractivity contribution is 0.0506. The van der Waals surface area contributed by atoms with Gasteiger partial charge in [-0.25, -0.2) is 9.78 Å². The highest BCUT2D eigenvalue weighted by Gasteiger charge is 2.22. The van der Waals surface area contributed by atoms with E-state index in [1.807, 2.05) is 52.0 Å².